The second-order valence-electron chi connectivity index (χ2n) is 4.66. The molecule has 0 atom stereocenters. The van der Waals surface area contributed by atoms with E-state index >= 15 is 0 Å². The van der Waals surface area contributed by atoms with Gasteiger partial charge in [0.05, 0.1) is 6.61 Å². The number of carbonyl (C=O) groups excluding carboxylic acids is 1. The van der Waals surface area contributed by atoms with Gasteiger partial charge in [0, 0.05) is 12.7 Å². The Hall–Kier alpha value is -2.69. The molecule has 22 heavy (non-hydrogen) atoms. The van der Waals surface area contributed by atoms with Crippen LogP contribution in [0.2, 0.25) is 0 Å². The van der Waals surface area contributed by atoms with Crippen LogP contribution in [-0.4, -0.2) is 31.3 Å². The van der Waals surface area contributed by atoms with Crippen molar-refractivity contribution in [2.45, 2.75) is 6.92 Å². The number of carbonyl (C=O) groups is 1. The third kappa shape index (κ3) is 4.15. The highest BCUT2D eigenvalue weighted by Crippen LogP contribution is 2.19. The molecule has 0 radical (unpaired) electrons. The zero-order valence-corrected chi connectivity index (χ0v) is 12.7. The molecule has 2 aromatic carbocycles. The van der Waals surface area contributed by atoms with Crippen LogP contribution < -0.4 is 14.4 Å². The number of phenols is 1. The molecule has 5 heteroatoms. The van der Waals surface area contributed by atoms with E-state index in [4.69, 9.17) is 9.47 Å². The summed E-state index contributed by atoms with van der Waals surface area (Å²) in [6.45, 7) is 2.46. The summed E-state index contributed by atoms with van der Waals surface area (Å²) < 4.78 is 10.8. The molecule has 0 aliphatic rings. The van der Waals surface area contributed by atoms with Crippen LogP contribution in [0.15, 0.2) is 48.5 Å². The van der Waals surface area contributed by atoms with Crippen LogP contribution in [0.1, 0.15) is 6.92 Å². The number of hydrogen-bond donors (Lipinski definition) is 1. The van der Waals surface area contributed by atoms with Crippen molar-refractivity contribution in [2.75, 3.05) is 25.2 Å². The van der Waals surface area contributed by atoms with Crippen LogP contribution in [0, 0.1) is 0 Å². The van der Waals surface area contributed by atoms with E-state index in [-0.39, 0.29) is 18.3 Å². The van der Waals surface area contributed by atoms with E-state index in [1.165, 1.54) is 17.0 Å². The zero-order valence-electron chi connectivity index (χ0n) is 12.7. The molecular formula is C17H19NO4. The Morgan fingerprint density at radius 2 is 1.55 bits per heavy atom. The van der Waals surface area contributed by atoms with Crippen molar-refractivity contribution in [3.8, 4) is 17.2 Å². The van der Waals surface area contributed by atoms with E-state index in [9.17, 15) is 9.90 Å². The first-order valence-electron chi connectivity index (χ1n) is 7.01. The van der Waals surface area contributed by atoms with Gasteiger partial charge >= 0.3 is 0 Å². The number of amides is 1. The Balaban J connectivity index is 1.90. The molecule has 2 aromatic rings. The number of benzene rings is 2. The highest BCUT2D eigenvalue weighted by molar-refractivity contribution is 5.93. The second-order valence-corrected chi connectivity index (χ2v) is 4.66. The highest BCUT2D eigenvalue weighted by atomic mass is 16.5. The molecular weight excluding hydrogens is 282 g/mol. The molecule has 0 aliphatic carbocycles. The van der Waals surface area contributed by atoms with E-state index in [0.29, 0.717) is 18.0 Å². The van der Waals surface area contributed by atoms with Gasteiger partial charge in [-0.05, 0) is 55.5 Å². The van der Waals surface area contributed by atoms with Crippen molar-refractivity contribution < 1.29 is 19.4 Å². The van der Waals surface area contributed by atoms with Crippen molar-refractivity contribution in [3.05, 3.63) is 48.5 Å². The van der Waals surface area contributed by atoms with Crippen LogP contribution in [0.4, 0.5) is 5.69 Å². The van der Waals surface area contributed by atoms with E-state index in [1.54, 1.807) is 43.4 Å². The minimum absolute atomic E-state index is 0.0641. The maximum Gasteiger partial charge on any atom is 0.264 e. The van der Waals surface area contributed by atoms with Crippen LogP contribution >= 0.6 is 0 Å². The van der Waals surface area contributed by atoms with Crippen molar-refractivity contribution >= 4 is 11.6 Å². The molecule has 0 fully saturated rings. The topological polar surface area (TPSA) is 59.0 Å². The van der Waals surface area contributed by atoms with Gasteiger partial charge in [0.1, 0.15) is 17.2 Å². The Morgan fingerprint density at radius 1 is 1.00 bits per heavy atom. The molecule has 0 unspecified atom stereocenters. The molecule has 0 spiro atoms. The Kier molecular flexibility index (Phi) is 5.25. The molecule has 0 heterocycles. The molecule has 1 amide bonds. The zero-order chi connectivity index (χ0) is 15.9. The lowest BCUT2D eigenvalue weighted by molar-refractivity contribution is -0.120. The SMILES string of the molecule is CCOc1ccc(OCC(=O)N(C)c2ccc(O)cc2)cc1. The molecule has 116 valence electrons. The summed E-state index contributed by atoms with van der Waals surface area (Å²) in [4.78, 5) is 13.6. The summed E-state index contributed by atoms with van der Waals surface area (Å²) >= 11 is 0. The quantitative estimate of drug-likeness (QED) is 0.891. The maximum atomic E-state index is 12.1. The number of nitrogens with zero attached hydrogens (tertiary/aromatic N) is 1. The van der Waals surface area contributed by atoms with Gasteiger partial charge in [-0.1, -0.05) is 0 Å². The number of likely N-dealkylation sites (N-methyl/N-ethyl adjacent to an activating group) is 1. The molecule has 0 saturated heterocycles. The maximum absolute atomic E-state index is 12.1. The average Bonchev–Trinajstić information content (AvgIpc) is 2.54. The number of hydrogen-bond acceptors (Lipinski definition) is 4. The lowest BCUT2D eigenvalue weighted by atomic mass is 10.3. The monoisotopic (exact) mass is 301 g/mol. The van der Waals surface area contributed by atoms with Crippen molar-refractivity contribution in [2.24, 2.45) is 0 Å². The first-order valence-corrected chi connectivity index (χ1v) is 7.01. The molecule has 0 saturated carbocycles. The molecule has 0 aliphatic heterocycles. The minimum atomic E-state index is -0.181. The number of aromatic hydroxyl groups is 1. The fourth-order valence-electron chi connectivity index (χ4n) is 1.86. The summed E-state index contributed by atoms with van der Waals surface area (Å²) in [7, 11) is 1.66. The first kappa shape index (κ1) is 15.7. The molecule has 0 aromatic heterocycles. The van der Waals surface area contributed by atoms with E-state index in [0.717, 1.165) is 5.75 Å². The Morgan fingerprint density at radius 3 is 2.09 bits per heavy atom. The lowest BCUT2D eigenvalue weighted by Gasteiger charge is -2.17. The molecule has 2 rings (SSSR count). The van der Waals surface area contributed by atoms with Gasteiger partial charge in [-0.15, -0.1) is 0 Å². The Bertz CT molecular complexity index is 608. The fraction of sp³-hybridized carbons (Fsp3) is 0.235. The fourth-order valence-corrected chi connectivity index (χ4v) is 1.86. The summed E-state index contributed by atoms with van der Waals surface area (Å²) in [5.41, 5.74) is 0.693. The van der Waals surface area contributed by atoms with Gasteiger partial charge in [0.15, 0.2) is 6.61 Å². The van der Waals surface area contributed by atoms with Gasteiger partial charge in [0.2, 0.25) is 0 Å². The van der Waals surface area contributed by atoms with Gasteiger partial charge in [-0.3, -0.25) is 4.79 Å². The van der Waals surface area contributed by atoms with E-state index in [2.05, 4.69) is 0 Å². The summed E-state index contributed by atoms with van der Waals surface area (Å²) in [5.74, 6) is 1.35. The number of ether oxygens (including phenoxy) is 2. The second kappa shape index (κ2) is 7.36. The predicted molar refractivity (Wildman–Crippen MR) is 84.6 cm³/mol. The van der Waals surface area contributed by atoms with Crippen molar-refractivity contribution in [3.63, 3.8) is 0 Å². The lowest BCUT2D eigenvalue weighted by Crippen LogP contribution is -2.31. The Labute approximate surface area is 129 Å². The standard InChI is InChI=1S/C17H19NO4/c1-3-21-15-8-10-16(11-9-15)22-12-17(20)18(2)13-4-6-14(19)7-5-13/h4-11,19H,3,12H2,1-2H3. The van der Waals surface area contributed by atoms with Crippen LogP contribution in [0.25, 0.3) is 0 Å². The third-order valence-corrected chi connectivity index (χ3v) is 3.11. The van der Waals surface area contributed by atoms with Gasteiger partial charge in [0.25, 0.3) is 5.91 Å². The van der Waals surface area contributed by atoms with Crippen LogP contribution in [0.5, 0.6) is 17.2 Å². The number of rotatable bonds is 6. The number of anilines is 1. The average molecular weight is 301 g/mol. The minimum Gasteiger partial charge on any atom is -0.508 e. The third-order valence-electron chi connectivity index (χ3n) is 3.11. The van der Waals surface area contributed by atoms with Gasteiger partial charge in [-0.2, -0.15) is 0 Å². The molecule has 5 nitrogen and oxygen atoms in total. The van der Waals surface area contributed by atoms with Gasteiger partial charge < -0.3 is 19.5 Å². The largest absolute Gasteiger partial charge is 0.508 e. The predicted octanol–water partition coefficient (Wildman–Crippen LogP) is 2.83. The van der Waals surface area contributed by atoms with E-state index < -0.39 is 0 Å². The highest BCUT2D eigenvalue weighted by Gasteiger charge is 2.11. The van der Waals surface area contributed by atoms with Crippen LogP contribution in [0.3, 0.4) is 0 Å². The normalized spacial score (nSPS) is 10.1. The summed E-state index contributed by atoms with van der Waals surface area (Å²) in [6, 6.07) is 13.5. The summed E-state index contributed by atoms with van der Waals surface area (Å²) in [6.07, 6.45) is 0. The van der Waals surface area contributed by atoms with Crippen LogP contribution in [-0.2, 0) is 4.79 Å². The van der Waals surface area contributed by atoms with Crippen molar-refractivity contribution in [1.82, 2.24) is 0 Å². The van der Waals surface area contributed by atoms with Crippen molar-refractivity contribution in [1.29, 1.82) is 0 Å². The number of phenolic OH excluding ortho intramolecular Hbond substituents is 1. The molecule has 0 bridgehead atoms. The smallest absolute Gasteiger partial charge is 0.264 e. The van der Waals surface area contributed by atoms with Gasteiger partial charge in [-0.25, -0.2) is 0 Å². The summed E-state index contributed by atoms with van der Waals surface area (Å²) in [5, 5.41) is 9.25. The first-order chi connectivity index (χ1) is 10.6. The molecule has 1 N–H and O–H groups in total. The van der Waals surface area contributed by atoms with E-state index in [1.807, 2.05) is 6.92 Å².